The van der Waals surface area contributed by atoms with Crippen LogP contribution in [0, 0.1) is 0 Å². The molecular formula is C16H19NO5. The lowest BCUT2D eigenvalue weighted by molar-refractivity contribution is -0.145. The van der Waals surface area contributed by atoms with Crippen LogP contribution in [0.3, 0.4) is 0 Å². The van der Waals surface area contributed by atoms with Crippen LogP contribution in [-0.2, 0) is 14.3 Å². The van der Waals surface area contributed by atoms with Crippen molar-refractivity contribution in [2.75, 3.05) is 20.3 Å². The molecule has 2 N–H and O–H groups in total. The SMILES string of the molecule is C=CCOc1ccc(/C=C/C(=O)N[C@H](CO)C(=O)OC)cc1. The lowest BCUT2D eigenvalue weighted by Crippen LogP contribution is -2.43. The molecule has 118 valence electrons. The molecular weight excluding hydrogens is 286 g/mol. The molecule has 1 atom stereocenters. The maximum absolute atomic E-state index is 11.7. The molecule has 0 aromatic heterocycles. The largest absolute Gasteiger partial charge is 0.490 e. The van der Waals surface area contributed by atoms with E-state index in [-0.39, 0.29) is 0 Å². The zero-order valence-electron chi connectivity index (χ0n) is 12.3. The Hall–Kier alpha value is -2.60. The van der Waals surface area contributed by atoms with E-state index < -0.39 is 24.5 Å². The van der Waals surface area contributed by atoms with E-state index in [4.69, 9.17) is 9.84 Å². The van der Waals surface area contributed by atoms with Gasteiger partial charge in [0, 0.05) is 6.08 Å². The first-order valence-corrected chi connectivity index (χ1v) is 6.61. The van der Waals surface area contributed by atoms with Gasteiger partial charge in [-0.15, -0.1) is 0 Å². The number of hydrogen-bond donors (Lipinski definition) is 2. The smallest absolute Gasteiger partial charge is 0.330 e. The van der Waals surface area contributed by atoms with Crippen molar-refractivity contribution in [3.63, 3.8) is 0 Å². The minimum absolute atomic E-state index is 0.424. The molecule has 0 aliphatic heterocycles. The molecule has 1 amide bonds. The Morgan fingerprint density at radius 1 is 1.36 bits per heavy atom. The Labute approximate surface area is 129 Å². The Bertz CT molecular complexity index is 536. The number of ether oxygens (including phenoxy) is 2. The molecule has 0 spiro atoms. The minimum Gasteiger partial charge on any atom is -0.490 e. The molecule has 1 rings (SSSR count). The highest BCUT2D eigenvalue weighted by Gasteiger charge is 2.18. The number of hydrogen-bond acceptors (Lipinski definition) is 5. The van der Waals surface area contributed by atoms with E-state index in [1.165, 1.54) is 13.2 Å². The van der Waals surface area contributed by atoms with Crippen molar-refractivity contribution in [3.05, 3.63) is 48.6 Å². The lowest BCUT2D eigenvalue weighted by Gasteiger charge is -2.11. The van der Waals surface area contributed by atoms with Crippen LogP contribution in [0.4, 0.5) is 0 Å². The molecule has 0 saturated carbocycles. The number of methoxy groups -OCH3 is 1. The highest BCUT2D eigenvalue weighted by atomic mass is 16.5. The summed E-state index contributed by atoms with van der Waals surface area (Å²) in [5.41, 5.74) is 0.791. The van der Waals surface area contributed by atoms with Gasteiger partial charge in [0.25, 0.3) is 0 Å². The number of nitrogens with one attached hydrogen (secondary N) is 1. The van der Waals surface area contributed by atoms with Gasteiger partial charge in [0.15, 0.2) is 6.04 Å². The van der Waals surface area contributed by atoms with Gasteiger partial charge in [0.2, 0.25) is 5.91 Å². The summed E-state index contributed by atoms with van der Waals surface area (Å²) < 4.78 is 9.79. The summed E-state index contributed by atoms with van der Waals surface area (Å²) in [6.07, 6.45) is 4.50. The summed E-state index contributed by atoms with van der Waals surface area (Å²) in [5.74, 6) is -0.503. The first-order chi connectivity index (χ1) is 10.6. The molecule has 0 aliphatic carbocycles. The highest BCUT2D eigenvalue weighted by Crippen LogP contribution is 2.13. The van der Waals surface area contributed by atoms with Crippen LogP contribution in [0.2, 0.25) is 0 Å². The third-order valence-electron chi connectivity index (χ3n) is 2.66. The second-order valence-corrected chi connectivity index (χ2v) is 4.27. The van der Waals surface area contributed by atoms with E-state index in [2.05, 4.69) is 16.6 Å². The molecule has 0 aliphatic rings. The number of amides is 1. The second kappa shape index (κ2) is 9.36. The molecule has 0 fully saturated rings. The molecule has 0 unspecified atom stereocenters. The second-order valence-electron chi connectivity index (χ2n) is 4.27. The number of aliphatic hydroxyl groups excluding tert-OH is 1. The maximum Gasteiger partial charge on any atom is 0.330 e. The summed E-state index contributed by atoms with van der Waals surface area (Å²) in [4.78, 5) is 22.9. The summed E-state index contributed by atoms with van der Waals surface area (Å²) in [6.45, 7) is 3.46. The van der Waals surface area contributed by atoms with Crippen LogP contribution in [0.5, 0.6) is 5.75 Å². The fourth-order valence-electron chi connectivity index (χ4n) is 1.54. The molecule has 6 nitrogen and oxygen atoms in total. The van der Waals surface area contributed by atoms with Crippen LogP contribution in [-0.4, -0.2) is 43.3 Å². The zero-order chi connectivity index (χ0) is 16.4. The summed E-state index contributed by atoms with van der Waals surface area (Å²) in [6, 6.07) is 6.03. The van der Waals surface area contributed by atoms with Crippen molar-refractivity contribution in [3.8, 4) is 5.75 Å². The average Bonchev–Trinajstić information content (AvgIpc) is 2.56. The number of esters is 1. The maximum atomic E-state index is 11.7. The van der Waals surface area contributed by atoms with E-state index in [0.29, 0.717) is 12.4 Å². The minimum atomic E-state index is -1.07. The Balaban J connectivity index is 2.57. The highest BCUT2D eigenvalue weighted by molar-refractivity contribution is 5.94. The van der Waals surface area contributed by atoms with Gasteiger partial charge in [-0.1, -0.05) is 24.8 Å². The van der Waals surface area contributed by atoms with Gasteiger partial charge in [0.05, 0.1) is 13.7 Å². The van der Waals surface area contributed by atoms with Crippen LogP contribution in [0.1, 0.15) is 5.56 Å². The van der Waals surface area contributed by atoms with Gasteiger partial charge in [-0.05, 0) is 23.8 Å². The van der Waals surface area contributed by atoms with Crippen LogP contribution >= 0.6 is 0 Å². The molecule has 6 heteroatoms. The molecule has 0 radical (unpaired) electrons. The molecule has 0 bridgehead atoms. The van der Waals surface area contributed by atoms with Gasteiger partial charge >= 0.3 is 5.97 Å². The number of benzene rings is 1. The first kappa shape index (κ1) is 17.5. The van der Waals surface area contributed by atoms with Crippen molar-refractivity contribution < 1.29 is 24.2 Å². The quantitative estimate of drug-likeness (QED) is 0.424. The molecule has 1 aromatic rings. The van der Waals surface area contributed by atoms with Crippen LogP contribution in [0.15, 0.2) is 43.0 Å². The summed E-state index contributed by atoms with van der Waals surface area (Å²) >= 11 is 0. The van der Waals surface area contributed by atoms with Gasteiger partial charge < -0.3 is 19.9 Å². The predicted octanol–water partition coefficient (Wildman–Crippen LogP) is 0.915. The van der Waals surface area contributed by atoms with E-state index in [0.717, 1.165) is 5.56 Å². The number of aliphatic hydroxyl groups is 1. The van der Waals surface area contributed by atoms with Crippen molar-refractivity contribution in [2.45, 2.75) is 6.04 Å². The van der Waals surface area contributed by atoms with Crippen molar-refractivity contribution in [2.24, 2.45) is 0 Å². The lowest BCUT2D eigenvalue weighted by atomic mass is 10.2. The molecule has 0 saturated heterocycles. The topological polar surface area (TPSA) is 84.9 Å². The van der Waals surface area contributed by atoms with Gasteiger partial charge in [0.1, 0.15) is 12.4 Å². The molecule has 22 heavy (non-hydrogen) atoms. The summed E-state index contributed by atoms with van der Waals surface area (Å²) in [7, 11) is 1.18. The number of rotatable bonds is 8. The average molecular weight is 305 g/mol. The van der Waals surface area contributed by atoms with Crippen molar-refractivity contribution in [1.82, 2.24) is 5.32 Å². The van der Waals surface area contributed by atoms with Crippen LogP contribution in [0.25, 0.3) is 6.08 Å². The van der Waals surface area contributed by atoms with Gasteiger partial charge in [-0.2, -0.15) is 0 Å². The Morgan fingerprint density at radius 3 is 2.59 bits per heavy atom. The van der Waals surface area contributed by atoms with E-state index in [9.17, 15) is 9.59 Å². The predicted molar refractivity (Wildman–Crippen MR) is 82.2 cm³/mol. The number of carbonyl (C=O) groups excluding carboxylic acids is 2. The normalized spacial score (nSPS) is 11.7. The van der Waals surface area contributed by atoms with E-state index in [1.54, 1.807) is 36.4 Å². The van der Waals surface area contributed by atoms with Crippen molar-refractivity contribution >= 4 is 18.0 Å². The molecule has 1 aromatic carbocycles. The van der Waals surface area contributed by atoms with Gasteiger partial charge in [-0.25, -0.2) is 4.79 Å². The monoisotopic (exact) mass is 305 g/mol. The van der Waals surface area contributed by atoms with Crippen LogP contribution < -0.4 is 10.1 Å². The van der Waals surface area contributed by atoms with E-state index >= 15 is 0 Å². The third-order valence-corrected chi connectivity index (χ3v) is 2.66. The van der Waals surface area contributed by atoms with E-state index in [1.807, 2.05) is 0 Å². The Kier molecular flexibility index (Phi) is 7.42. The third kappa shape index (κ3) is 5.80. The Morgan fingerprint density at radius 2 is 2.05 bits per heavy atom. The number of carbonyl (C=O) groups is 2. The standard InChI is InChI=1S/C16H19NO5/c1-3-10-22-13-7-4-12(5-8-13)6-9-15(19)17-14(11-18)16(20)21-2/h3-9,14,18H,1,10-11H2,2H3,(H,17,19)/b9-6+/t14-/m1/s1. The zero-order valence-corrected chi connectivity index (χ0v) is 12.3. The summed E-state index contributed by atoms with van der Waals surface area (Å²) in [5, 5.41) is 11.3. The fraction of sp³-hybridized carbons (Fsp3) is 0.250. The first-order valence-electron chi connectivity index (χ1n) is 6.61. The van der Waals surface area contributed by atoms with Gasteiger partial charge in [-0.3, -0.25) is 4.79 Å². The van der Waals surface area contributed by atoms with Crippen molar-refractivity contribution in [1.29, 1.82) is 0 Å². The molecule has 0 heterocycles. The fourth-order valence-corrected chi connectivity index (χ4v) is 1.54.